The van der Waals surface area contributed by atoms with Crippen LogP contribution in [0.15, 0.2) is 53.4 Å². The largest absolute Gasteiger partial charge is 0.395 e. The number of nitrogens with one attached hydrogen (secondary N) is 2. The van der Waals surface area contributed by atoms with Gasteiger partial charge in [0.2, 0.25) is 20.0 Å². The lowest BCUT2D eigenvalue weighted by Gasteiger charge is -2.10. The van der Waals surface area contributed by atoms with E-state index in [1.165, 1.54) is 42.5 Å². The molecule has 0 amide bonds. The minimum Gasteiger partial charge on any atom is -0.395 e. The lowest BCUT2D eigenvalue weighted by molar-refractivity contribution is 0.301. The number of aliphatic hydroxyl groups is 1. The van der Waals surface area contributed by atoms with Crippen molar-refractivity contribution in [1.29, 1.82) is 0 Å². The van der Waals surface area contributed by atoms with Crippen LogP contribution in [0.3, 0.4) is 0 Å². The van der Waals surface area contributed by atoms with Crippen LogP contribution in [0.5, 0.6) is 0 Å². The molecule has 0 fully saturated rings. The number of benzene rings is 2. The van der Waals surface area contributed by atoms with Crippen LogP contribution in [0.4, 0.5) is 4.39 Å². The fraction of sp³-hybridized carbons (Fsp3) is 0.250. The molecule has 0 unspecified atom stereocenters. The highest BCUT2D eigenvalue weighted by atomic mass is 32.2. The van der Waals surface area contributed by atoms with Gasteiger partial charge in [-0.15, -0.1) is 0 Å². The molecule has 2 rings (SSSR count). The van der Waals surface area contributed by atoms with Crippen LogP contribution in [0.2, 0.25) is 0 Å². The first-order valence-electron chi connectivity index (χ1n) is 7.64. The van der Waals surface area contributed by atoms with Crippen LogP contribution in [-0.2, 0) is 32.3 Å². The number of rotatable bonds is 9. The van der Waals surface area contributed by atoms with E-state index < -0.39 is 31.6 Å². The Bertz CT molecular complexity index is 962. The Hall–Kier alpha value is -1.85. The smallest absolute Gasteiger partial charge is 0.240 e. The van der Waals surface area contributed by atoms with Crippen LogP contribution in [-0.4, -0.2) is 35.1 Å². The third-order valence-electron chi connectivity index (χ3n) is 3.41. The molecule has 0 aliphatic heterocycles. The molecule has 2 aromatic carbocycles. The molecule has 10 heteroatoms. The molecule has 7 nitrogen and oxygen atoms in total. The molecule has 0 atom stereocenters. The van der Waals surface area contributed by atoms with Gasteiger partial charge in [0, 0.05) is 18.7 Å². The normalized spacial score (nSPS) is 12.2. The van der Waals surface area contributed by atoms with E-state index >= 15 is 0 Å². The number of hydrogen-bond acceptors (Lipinski definition) is 5. The van der Waals surface area contributed by atoms with Crippen LogP contribution in [0.1, 0.15) is 11.1 Å². The van der Waals surface area contributed by atoms with Crippen LogP contribution in [0.25, 0.3) is 0 Å². The molecule has 3 N–H and O–H groups in total. The first-order valence-corrected chi connectivity index (χ1v) is 10.8. The maximum Gasteiger partial charge on any atom is 0.240 e. The average molecular weight is 402 g/mol. The summed E-state index contributed by atoms with van der Waals surface area (Å²) in [7, 11) is -7.64. The van der Waals surface area contributed by atoms with E-state index in [4.69, 9.17) is 5.11 Å². The zero-order valence-corrected chi connectivity index (χ0v) is 15.4. The Kier molecular flexibility index (Phi) is 6.84. The second-order valence-electron chi connectivity index (χ2n) is 5.44. The van der Waals surface area contributed by atoms with Crippen molar-refractivity contribution in [2.24, 2.45) is 0 Å². The van der Waals surface area contributed by atoms with Crippen molar-refractivity contribution in [2.45, 2.75) is 17.2 Å². The van der Waals surface area contributed by atoms with E-state index in [0.717, 1.165) is 0 Å². The molecule has 0 aliphatic rings. The number of sulfonamides is 2. The quantitative estimate of drug-likeness (QED) is 0.572. The fourth-order valence-electron chi connectivity index (χ4n) is 2.17. The maximum atomic E-state index is 13.6. The standard InChI is InChI=1S/C16H19FN2O5S2/c17-16-7-2-1-5-14(16)11-19-26(23,24)15-6-3-4-13(10-15)12-25(21,22)18-8-9-20/h1-7,10,18-20H,8-9,11-12H2. The molecule has 0 heterocycles. The summed E-state index contributed by atoms with van der Waals surface area (Å²) >= 11 is 0. The lowest BCUT2D eigenvalue weighted by atomic mass is 10.2. The average Bonchev–Trinajstić information content (AvgIpc) is 2.59. The van der Waals surface area contributed by atoms with Gasteiger partial charge in [-0.1, -0.05) is 30.3 Å². The van der Waals surface area contributed by atoms with Crippen LogP contribution < -0.4 is 9.44 Å². The molecule has 0 saturated heterocycles. The fourth-order valence-corrected chi connectivity index (χ4v) is 4.37. The van der Waals surface area contributed by atoms with E-state index in [-0.39, 0.29) is 35.7 Å². The highest BCUT2D eigenvalue weighted by Crippen LogP contribution is 2.15. The monoisotopic (exact) mass is 402 g/mol. The third kappa shape index (κ3) is 5.85. The minimum absolute atomic E-state index is 0.121. The van der Waals surface area contributed by atoms with Crippen LogP contribution >= 0.6 is 0 Å². The molecular formula is C16H19FN2O5S2. The summed E-state index contributed by atoms with van der Waals surface area (Å²) in [4.78, 5) is -0.122. The second kappa shape index (κ2) is 8.69. The summed E-state index contributed by atoms with van der Waals surface area (Å²) in [5.41, 5.74) is 0.465. The molecule has 142 valence electrons. The Morgan fingerprint density at radius 2 is 1.69 bits per heavy atom. The van der Waals surface area contributed by atoms with Gasteiger partial charge in [-0.25, -0.2) is 30.7 Å². The SMILES string of the molecule is O=S(=O)(Cc1cccc(S(=O)(=O)NCc2ccccc2F)c1)NCCO. The van der Waals surface area contributed by atoms with Gasteiger partial charge in [-0.2, -0.15) is 0 Å². The van der Waals surface area contributed by atoms with Gasteiger partial charge in [0.25, 0.3) is 0 Å². The first-order chi connectivity index (χ1) is 12.2. The van der Waals surface area contributed by atoms with Gasteiger partial charge in [0.1, 0.15) is 5.82 Å². The summed E-state index contributed by atoms with van der Waals surface area (Å²) < 4.78 is 66.5. The zero-order valence-electron chi connectivity index (χ0n) is 13.7. The van der Waals surface area contributed by atoms with E-state index in [0.29, 0.717) is 0 Å². The summed E-state index contributed by atoms with van der Waals surface area (Å²) in [5, 5.41) is 8.68. The van der Waals surface area contributed by atoms with Crippen molar-refractivity contribution in [1.82, 2.24) is 9.44 Å². The summed E-state index contributed by atoms with van der Waals surface area (Å²) in [6, 6.07) is 11.3. The van der Waals surface area contributed by atoms with Gasteiger partial charge >= 0.3 is 0 Å². The highest BCUT2D eigenvalue weighted by molar-refractivity contribution is 7.89. The number of hydrogen-bond donors (Lipinski definition) is 3. The minimum atomic E-state index is -3.94. The molecule has 0 aromatic heterocycles. The molecule has 0 bridgehead atoms. The van der Waals surface area contributed by atoms with Gasteiger partial charge in [-0.05, 0) is 23.8 Å². The molecule has 0 saturated carbocycles. The molecule has 26 heavy (non-hydrogen) atoms. The van der Waals surface area contributed by atoms with E-state index in [1.807, 2.05) is 0 Å². The van der Waals surface area contributed by atoms with Crippen molar-refractivity contribution < 1.29 is 26.3 Å². The number of halogens is 1. The Morgan fingerprint density at radius 1 is 0.962 bits per heavy atom. The Morgan fingerprint density at radius 3 is 2.38 bits per heavy atom. The van der Waals surface area contributed by atoms with Crippen molar-refractivity contribution in [3.8, 4) is 0 Å². The molecule has 2 aromatic rings. The molecular weight excluding hydrogens is 383 g/mol. The Balaban J connectivity index is 2.14. The van der Waals surface area contributed by atoms with E-state index in [2.05, 4.69) is 9.44 Å². The van der Waals surface area contributed by atoms with Gasteiger partial charge in [0.05, 0.1) is 17.3 Å². The molecule has 0 spiro atoms. The second-order valence-corrected chi connectivity index (χ2v) is 9.01. The van der Waals surface area contributed by atoms with Crippen molar-refractivity contribution in [2.75, 3.05) is 13.2 Å². The third-order valence-corrected chi connectivity index (χ3v) is 6.17. The lowest BCUT2D eigenvalue weighted by Crippen LogP contribution is -2.28. The van der Waals surface area contributed by atoms with Gasteiger partial charge in [0.15, 0.2) is 0 Å². The summed E-state index contributed by atoms with van der Waals surface area (Å²) in [6.45, 7) is -0.687. The topological polar surface area (TPSA) is 113 Å². The maximum absolute atomic E-state index is 13.6. The Labute approximate surface area is 152 Å². The van der Waals surface area contributed by atoms with Crippen LogP contribution in [0, 0.1) is 5.82 Å². The molecule has 0 aliphatic carbocycles. The van der Waals surface area contributed by atoms with Crippen molar-refractivity contribution in [3.63, 3.8) is 0 Å². The summed E-state index contributed by atoms with van der Waals surface area (Å²) in [6.07, 6.45) is 0. The predicted molar refractivity (Wildman–Crippen MR) is 94.6 cm³/mol. The predicted octanol–water partition coefficient (Wildman–Crippen LogP) is 0.716. The first kappa shape index (κ1) is 20.5. The van der Waals surface area contributed by atoms with Crippen molar-refractivity contribution in [3.05, 3.63) is 65.5 Å². The van der Waals surface area contributed by atoms with E-state index in [1.54, 1.807) is 6.07 Å². The number of aliphatic hydroxyl groups excluding tert-OH is 1. The highest BCUT2D eigenvalue weighted by Gasteiger charge is 2.17. The zero-order chi connectivity index (χ0) is 19.2. The van der Waals surface area contributed by atoms with Gasteiger partial charge < -0.3 is 5.11 Å². The van der Waals surface area contributed by atoms with Crippen molar-refractivity contribution >= 4 is 20.0 Å². The summed E-state index contributed by atoms with van der Waals surface area (Å²) in [5.74, 6) is -0.950. The van der Waals surface area contributed by atoms with E-state index in [9.17, 15) is 21.2 Å². The molecule has 0 radical (unpaired) electrons. The van der Waals surface area contributed by atoms with Gasteiger partial charge in [-0.3, -0.25) is 0 Å².